The first kappa shape index (κ1) is 9.44. The van der Waals surface area contributed by atoms with E-state index in [4.69, 9.17) is 4.98 Å². The van der Waals surface area contributed by atoms with E-state index in [2.05, 4.69) is 25.3 Å². The van der Waals surface area contributed by atoms with Gasteiger partial charge in [0.15, 0.2) is 0 Å². The Hall–Kier alpha value is -0.790. The van der Waals surface area contributed by atoms with Gasteiger partial charge in [-0.1, -0.05) is 13.8 Å². The first-order valence-corrected chi connectivity index (χ1v) is 6.20. The molecule has 1 unspecified atom stereocenters. The lowest BCUT2D eigenvalue weighted by atomic mass is 9.91. The number of rotatable bonds is 0. The molecule has 0 bridgehead atoms. The lowest BCUT2D eigenvalue weighted by Crippen LogP contribution is -2.17. The fraction of sp³-hybridized carbons (Fsp3) is 0.769. The van der Waals surface area contributed by atoms with E-state index >= 15 is 0 Å². The Morgan fingerprint density at radius 1 is 1.33 bits per heavy atom. The zero-order valence-electron chi connectivity index (χ0n) is 10.0. The highest BCUT2D eigenvalue weighted by Crippen LogP contribution is 2.41. The normalized spacial score (nSPS) is 27.5. The molecule has 1 aliphatic heterocycles. The van der Waals surface area contributed by atoms with Crippen molar-refractivity contribution < 1.29 is 0 Å². The van der Waals surface area contributed by atoms with E-state index < -0.39 is 0 Å². The third kappa shape index (κ3) is 1.20. The van der Waals surface area contributed by atoms with Crippen LogP contribution in [-0.4, -0.2) is 9.55 Å². The molecular formula is C13H20N2. The molecule has 0 fully saturated rings. The lowest BCUT2D eigenvalue weighted by Gasteiger charge is -2.23. The van der Waals surface area contributed by atoms with Gasteiger partial charge in [0.05, 0.1) is 5.69 Å². The van der Waals surface area contributed by atoms with E-state index in [0.29, 0.717) is 11.5 Å². The minimum Gasteiger partial charge on any atom is -0.329 e. The van der Waals surface area contributed by atoms with Crippen molar-refractivity contribution in [2.45, 2.75) is 64.3 Å². The summed E-state index contributed by atoms with van der Waals surface area (Å²) >= 11 is 0. The van der Waals surface area contributed by atoms with Crippen molar-refractivity contribution in [2.24, 2.45) is 0 Å². The average molecular weight is 204 g/mol. The van der Waals surface area contributed by atoms with Gasteiger partial charge in [0.1, 0.15) is 5.82 Å². The monoisotopic (exact) mass is 204 g/mol. The van der Waals surface area contributed by atoms with Crippen LogP contribution in [-0.2, 0) is 18.3 Å². The molecule has 2 nitrogen and oxygen atoms in total. The largest absolute Gasteiger partial charge is 0.329 e. The highest BCUT2D eigenvalue weighted by molar-refractivity contribution is 5.31. The number of nitrogens with zero attached hydrogens (tertiary/aromatic N) is 2. The first-order chi connectivity index (χ1) is 7.09. The smallest absolute Gasteiger partial charge is 0.109 e. The van der Waals surface area contributed by atoms with E-state index in [0.717, 1.165) is 0 Å². The van der Waals surface area contributed by atoms with Crippen LogP contribution in [0.4, 0.5) is 0 Å². The minimum absolute atomic E-state index is 0.319. The quantitative estimate of drug-likeness (QED) is 0.635. The summed E-state index contributed by atoms with van der Waals surface area (Å²) in [5, 5.41) is 0. The van der Waals surface area contributed by atoms with Gasteiger partial charge in [-0.2, -0.15) is 0 Å². The summed E-state index contributed by atoms with van der Waals surface area (Å²) in [5.74, 6) is 1.35. The maximum absolute atomic E-state index is 4.90. The van der Waals surface area contributed by atoms with Crippen LogP contribution in [0.3, 0.4) is 0 Å². The van der Waals surface area contributed by atoms with E-state index in [9.17, 15) is 0 Å². The Morgan fingerprint density at radius 3 is 2.93 bits per heavy atom. The van der Waals surface area contributed by atoms with Crippen LogP contribution in [0.15, 0.2) is 0 Å². The predicted molar refractivity (Wildman–Crippen MR) is 61.2 cm³/mol. The highest BCUT2D eigenvalue weighted by Gasteiger charge is 2.37. The average Bonchev–Trinajstić information content (AvgIpc) is 2.66. The van der Waals surface area contributed by atoms with E-state index in [1.54, 1.807) is 5.69 Å². The molecule has 15 heavy (non-hydrogen) atoms. The van der Waals surface area contributed by atoms with Crippen molar-refractivity contribution in [1.29, 1.82) is 0 Å². The Labute approximate surface area is 91.7 Å². The van der Waals surface area contributed by atoms with Crippen LogP contribution in [0.1, 0.15) is 63.3 Å². The first-order valence-electron chi connectivity index (χ1n) is 6.20. The van der Waals surface area contributed by atoms with Gasteiger partial charge in [0, 0.05) is 23.6 Å². The standard InChI is InChI=1S/C13H20N2/c1-9-5-4-6-11-14-12-10(15(9)11)7-8-13(12,2)3/h9H,4-8H2,1-3H3. The number of hydrogen-bond acceptors (Lipinski definition) is 1. The molecule has 82 valence electrons. The number of hydrogen-bond donors (Lipinski definition) is 0. The molecule has 3 rings (SSSR count). The third-order valence-electron chi connectivity index (χ3n) is 4.17. The lowest BCUT2D eigenvalue weighted by molar-refractivity contribution is 0.411. The fourth-order valence-corrected chi connectivity index (χ4v) is 3.23. The summed E-state index contributed by atoms with van der Waals surface area (Å²) in [6, 6.07) is 0.680. The van der Waals surface area contributed by atoms with Crippen molar-refractivity contribution >= 4 is 0 Å². The van der Waals surface area contributed by atoms with Gasteiger partial charge in [-0.15, -0.1) is 0 Å². The molecule has 0 spiro atoms. The van der Waals surface area contributed by atoms with E-state index in [1.807, 2.05) is 0 Å². The van der Waals surface area contributed by atoms with E-state index in [1.165, 1.54) is 43.6 Å². The van der Waals surface area contributed by atoms with E-state index in [-0.39, 0.29) is 0 Å². The van der Waals surface area contributed by atoms with Crippen LogP contribution >= 0.6 is 0 Å². The van der Waals surface area contributed by atoms with Gasteiger partial charge in [0.25, 0.3) is 0 Å². The predicted octanol–water partition coefficient (Wildman–Crippen LogP) is 3.00. The van der Waals surface area contributed by atoms with Gasteiger partial charge in [0.2, 0.25) is 0 Å². The molecule has 2 heteroatoms. The summed E-state index contributed by atoms with van der Waals surface area (Å²) in [5.41, 5.74) is 3.26. The van der Waals surface area contributed by atoms with Crippen molar-refractivity contribution in [1.82, 2.24) is 9.55 Å². The van der Waals surface area contributed by atoms with Crippen LogP contribution in [0.5, 0.6) is 0 Å². The maximum atomic E-state index is 4.90. The Bertz CT molecular complexity index is 401. The second-order valence-corrected chi connectivity index (χ2v) is 5.82. The fourth-order valence-electron chi connectivity index (χ4n) is 3.23. The van der Waals surface area contributed by atoms with Crippen molar-refractivity contribution in [3.05, 3.63) is 17.2 Å². The zero-order chi connectivity index (χ0) is 10.6. The van der Waals surface area contributed by atoms with Crippen LogP contribution < -0.4 is 0 Å². The van der Waals surface area contributed by atoms with Gasteiger partial charge in [-0.3, -0.25) is 0 Å². The molecular weight excluding hydrogens is 184 g/mol. The second-order valence-electron chi connectivity index (χ2n) is 5.82. The summed E-state index contributed by atoms with van der Waals surface area (Å²) in [4.78, 5) is 4.90. The Morgan fingerprint density at radius 2 is 2.13 bits per heavy atom. The van der Waals surface area contributed by atoms with Crippen LogP contribution in [0.25, 0.3) is 0 Å². The number of aromatic nitrogens is 2. The molecule has 0 N–H and O–H groups in total. The molecule has 0 saturated carbocycles. The minimum atomic E-state index is 0.319. The topological polar surface area (TPSA) is 17.8 Å². The summed E-state index contributed by atoms with van der Waals surface area (Å²) in [6.07, 6.45) is 6.35. The van der Waals surface area contributed by atoms with Crippen molar-refractivity contribution in [3.63, 3.8) is 0 Å². The van der Waals surface area contributed by atoms with Gasteiger partial charge < -0.3 is 4.57 Å². The molecule has 1 aromatic rings. The van der Waals surface area contributed by atoms with Gasteiger partial charge in [-0.05, 0) is 32.6 Å². The third-order valence-corrected chi connectivity index (χ3v) is 4.17. The summed E-state index contributed by atoms with van der Waals surface area (Å²) < 4.78 is 2.54. The number of fused-ring (bicyclic) bond motifs is 3. The maximum Gasteiger partial charge on any atom is 0.109 e. The zero-order valence-corrected chi connectivity index (χ0v) is 10.0. The summed E-state index contributed by atoms with van der Waals surface area (Å²) in [7, 11) is 0. The number of aryl methyl sites for hydroxylation is 1. The Balaban J connectivity index is 2.17. The highest BCUT2D eigenvalue weighted by atomic mass is 15.1. The molecule has 2 aliphatic rings. The van der Waals surface area contributed by atoms with Crippen LogP contribution in [0, 0.1) is 0 Å². The molecule has 0 radical (unpaired) electrons. The molecule has 2 heterocycles. The van der Waals surface area contributed by atoms with Gasteiger partial charge >= 0.3 is 0 Å². The SMILES string of the molecule is CC1CCCc2nc3c(n21)CCC3(C)C. The second kappa shape index (κ2) is 2.87. The molecule has 0 aromatic carbocycles. The van der Waals surface area contributed by atoms with Crippen LogP contribution in [0.2, 0.25) is 0 Å². The van der Waals surface area contributed by atoms with Crippen molar-refractivity contribution in [2.75, 3.05) is 0 Å². The number of imidazole rings is 1. The molecule has 1 aromatic heterocycles. The molecule has 0 saturated heterocycles. The van der Waals surface area contributed by atoms with Gasteiger partial charge in [-0.25, -0.2) is 4.98 Å². The summed E-state index contributed by atoms with van der Waals surface area (Å²) in [6.45, 7) is 7.01. The molecule has 0 amide bonds. The Kier molecular flexibility index (Phi) is 1.80. The molecule has 1 atom stereocenters. The molecule has 1 aliphatic carbocycles. The van der Waals surface area contributed by atoms with Crippen molar-refractivity contribution in [3.8, 4) is 0 Å².